The number of rotatable bonds is 2. The summed E-state index contributed by atoms with van der Waals surface area (Å²) in [6, 6.07) is 6.83. The van der Waals surface area contributed by atoms with Crippen LogP contribution in [0, 0.1) is 5.41 Å². The summed E-state index contributed by atoms with van der Waals surface area (Å²) in [5, 5.41) is 3.70. The first kappa shape index (κ1) is 14.4. The number of para-hydroxylation sites is 1. The van der Waals surface area contributed by atoms with Crippen molar-refractivity contribution in [3.8, 4) is 0 Å². The van der Waals surface area contributed by atoms with Gasteiger partial charge in [-0.2, -0.15) is 0 Å². The predicted molar refractivity (Wildman–Crippen MR) is 86.1 cm³/mol. The monoisotopic (exact) mass is 373 g/mol. The van der Waals surface area contributed by atoms with Crippen molar-refractivity contribution in [3.05, 3.63) is 27.1 Å². The zero-order valence-corrected chi connectivity index (χ0v) is 14.3. The third-order valence-corrected chi connectivity index (χ3v) is 5.21. The van der Waals surface area contributed by atoms with Crippen molar-refractivity contribution in [2.45, 2.75) is 52.0 Å². The van der Waals surface area contributed by atoms with E-state index in [-0.39, 0.29) is 0 Å². The molecule has 1 saturated carbocycles. The van der Waals surface area contributed by atoms with Crippen LogP contribution in [0.4, 0.5) is 5.69 Å². The molecule has 0 bridgehead atoms. The highest BCUT2D eigenvalue weighted by atomic mass is 79.9. The zero-order chi connectivity index (χ0) is 13.2. The highest BCUT2D eigenvalue weighted by molar-refractivity contribution is 9.11. The lowest BCUT2D eigenvalue weighted by Crippen LogP contribution is -2.19. The molecule has 1 aliphatic rings. The van der Waals surface area contributed by atoms with Gasteiger partial charge in [0.15, 0.2) is 0 Å². The Balaban J connectivity index is 2.05. The zero-order valence-electron chi connectivity index (χ0n) is 11.1. The molecule has 1 aromatic carbocycles. The molecule has 1 unspecified atom stereocenters. The van der Waals surface area contributed by atoms with Crippen LogP contribution in [0.3, 0.4) is 0 Å². The van der Waals surface area contributed by atoms with Crippen molar-refractivity contribution in [3.63, 3.8) is 0 Å². The first-order valence-electron chi connectivity index (χ1n) is 6.68. The van der Waals surface area contributed by atoms with Gasteiger partial charge in [0.1, 0.15) is 0 Å². The van der Waals surface area contributed by atoms with Crippen LogP contribution in [0.25, 0.3) is 0 Å². The fourth-order valence-corrected chi connectivity index (χ4v) is 3.87. The molecule has 0 aromatic heterocycles. The molecule has 2 rings (SSSR count). The second-order valence-electron chi connectivity index (χ2n) is 6.03. The summed E-state index contributed by atoms with van der Waals surface area (Å²) in [4.78, 5) is 0. The molecule has 1 aromatic rings. The van der Waals surface area contributed by atoms with Gasteiger partial charge < -0.3 is 5.32 Å². The molecule has 0 heterocycles. The molecule has 1 atom stereocenters. The average molecular weight is 375 g/mol. The Morgan fingerprint density at radius 1 is 1.11 bits per heavy atom. The molecule has 0 spiro atoms. The lowest BCUT2D eigenvalue weighted by Gasteiger charge is -2.23. The molecule has 1 aliphatic carbocycles. The van der Waals surface area contributed by atoms with E-state index in [1.165, 1.54) is 37.8 Å². The van der Waals surface area contributed by atoms with Crippen LogP contribution in [0.2, 0.25) is 0 Å². The number of hydrogen-bond donors (Lipinski definition) is 1. The fraction of sp³-hybridized carbons (Fsp3) is 0.600. The SMILES string of the molecule is CC1(C)CCCC(Nc2c(Br)cccc2Br)CC1. The molecule has 1 fully saturated rings. The Bertz CT molecular complexity index is 395. The van der Waals surface area contributed by atoms with Crippen LogP contribution in [0.15, 0.2) is 27.1 Å². The molecule has 100 valence electrons. The van der Waals surface area contributed by atoms with Gasteiger partial charge in [0.2, 0.25) is 0 Å². The van der Waals surface area contributed by atoms with E-state index in [0.29, 0.717) is 11.5 Å². The number of anilines is 1. The third-order valence-electron chi connectivity index (χ3n) is 3.89. The van der Waals surface area contributed by atoms with E-state index >= 15 is 0 Å². The van der Waals surface area contributed by atoms with Crippen LogP contribution in [0.5, 0.6) is 0 Å². The number of halogens is 2. The Morgan fingerprint density at radius 3 is 2.44 bits per heavy atom. The van der Waals surface area contributed by atoms with Gasteiger partial charge in [0.25, 0.3) is 0 Å². The minimum Gasteiger partial charge on any atom is -0.380 e. The molecule has 0 amide bonds. The average Bonchev–Trinajstić information content (AvgIpc) is 2.46. The highest BCUT2D eigenvalue weighted by Gasteiger charge is 2.24. The molecule has 0 saturated heterocycles. The fourth-order valence-electron chi connectivity index (χ4n) is 2.65. The molecule has 0 aliphatic heterocycles. The van der Waals surface area contributed by atoms with Crippen LogP contribution >= 0.6 is 31.9 Å². The van der Waals surface area contributed by atoms with Gasteiger partial charge >= 0.3 is 0 Å². The maximum absolute atomic E-state index is 3.70. The van der Waals surface area contributed by atoms with E-state index in [2.05, 4.69) is 69.2 Å². The van der Waals surface area contributed by atoms with Crippen LogP contribution in [-0.2, 0) is 0 Å². The van der Waals surface area contributed by atoms with Crippen LogP contribution in [0.1, 0.15) is 46.0 Å². The van der Waals surface area contributed by atoms with Crippen molar-refractivity contribution >= 4 is 37.5 Å². The van der Waals surface area contributed by atoms with Crippen LogP contribution < -0.4 is 5.32 Å². The number of nitrogens with one attached hydrogen (secondary N) is 1. The van der Waals surface area contributed by atoms with Crippen LogP contribution in [-0.4, -0.2) is 6.04 Å². The standard InChI is InChI=1S/C15H21Br2N/c1-15(2)9-4-5-11(8-10-15)18-14-12(16)6-3-7-13(14)17/h3,6-7,11,18H,4-5,8-10H2,1-2H3. The van der Waals surface area contributed by atoms with Gasteiger partial charge in [-0.1, -0.05) is 26.3 Å². The highest BCUT2D eigenvalue weighted by Crippen LogP contribution is 2.37. The smallest absolute Gasteiger partial charge is 0.0631 e. The molecule has 3 heteroatoms. The third kappa shape index (κ3) is 3.74. The molecule has 0 radical (unpaired) electrons. The van der Waals surface area contributed by atoms with Gasteiger partial charge in [0.05, 0.1) is 5.69 Å². The minimum absolute atomic E-state index is 0.515. The van der Waals surface area contributed by atoms with E-state index in [0.717, 1.165) is 8.95 Å². The maximum Gasteiger partial charge on any atom is 0.0631 e. The van der Waals surface area contributed by atoms with E-state index in [9.17, 15) is 0 Å². The molecule has 1 nitrogen and oxygen atoms in total. The quantitative estimate of drug-likeness (QED) is 0.627. The van der Waals surface area contributed by atoms with Gasteiger partial charge in [-0.05, 0) is 75.1 Å². The van der Waals surface area contributed by atoms with Gasteiger partial charge in [-0.15, -0.1) is 0 Å². The maximum atomic E-state index is 3.70. The second kappa shape index (κ2) is 5.96. The Hall–Kier alpha value is -0.0200. The lowest BCUT2D eigenvalue weighted by atomic mass is 9.85. The summed E-state index contributed by atoms with van der Waals surface area (Å²) in [6.07, 6.45) is 6.53. The lowest BCUT2D eigenvalue weighted by molar-refractivity contribution is 0.313. The van der Waals surface area contributed by atoms with Crippen molar-refractivity contribution in [1.29, 1.82) is 0 Å². The summed E-state index contributed by atoms with van der Waals surface area (Å²) in [5.41, 5.74) is 1.71. The second-order valence-corrected chi connectivity index (χ2v) is 7.74. The topological polar surface area (TPSA) is 12.0 Å². The van der Waals surface area contributed by atoms with E-state index in [1.807, 2.05) is 0 Å². The summed E-state index contributed by atoms with van der Waals surface area (Å²) in [6.45, 7) is 4.79. The normalized spacial score (nSPS) is 23.4. The van der Waals surface area contributed by atoms with Crippen molar-refractivity contribution in [2.24, 2.45) is 5.41 Å². The van der Waals surface area contributed by atoms with Crippen molar-refractivity contribution in [2.75, 3.05) is 5.32 Å². The molecular weight excluding hydrogens is 354 g/mol. The molecule has 18 heavy (non-hydrogen) atoms. The summed E-state index contributed by atoms with van der Waals surface area (Å²) < 4.78 is 2.28. The van der Waals surface area contributed by atoms with Crippen molar-refractivity contribution in [1.82, 2.24) is 0 Å². The van der Waals surface area contributed by atoms with Gasteiger partial charge in [-0.25, -0.2) is 0 Å². The summed E-state index contributed by atoms with van der Waals surface area (Å²) in [5.74, 6) is 0. The summed E-state index contributed by atoms with van der Waals surface area (Å²) in [7, 11) is 0. The minimum atomic E-state index is 0.515. The number of hydrogen-bond acceptors (Lipinski definition) is 1. The van der Waals surface area contributed by atoms with E-state index in [4.69, 9.17) is 0 Å². The largest absolute Gasteiger partial charge is 0.380 e. The Labute approximate surface area is 127 Å². The van der Waals surface area contributed by atoms with Gasteiger partial charge in [-0.3, -0.25) is 0 Å². The predicted octanol–water partition coefficient (Wildman–Crippen LogP) is 5.98. The molecule has 1 N–H and O–H groups in total. The Kier molecular flexibility index (Phi) is 4.76. The van der Waals surface area contributed by atoms with Gasteiger partial charge in [0, 0.05) is 15.0 Å². The number of benzene rings is 1. The first-order chi connectivity index (χ1) is 8.48. The first-order valence-corrected chi connectivity index (χ1v) is 8.27. The van der Waals surface area contributed by atoms with E-state index < -0.39 is 0 Å². The van der Waals surface area contributed by atoms with E-state index in [1.54, 1.807) is 0 Å². The molecular formula is C15H21Br2N. The van der Waals surface area contributed by atoms with Crippen molar-refractivity contribution < 1.29 is 0 Å². The summed E-state index contributed by atoms with van der Waals surface area (Å²) >= 11 is 7.25. The Morgan fingerprint density at radius 2 is 1.78 bits per heavy atom.